The zero-order valence-electron chi connectivity index (χ0n) is 14.6. The summed E-state index contributed by atoms with van der Waals surface area (Å²) in [7, 11) is 3.03. The smallest absolute Gasteiger partial charge is 0.257 e. The van der Waals surface area contributed by atoms with E-state index in [4.69, 9.17) is 49.1 Å². The molecule has 0 saturated carbocycles. The maximum Gasteiger partial charge on any atom is 0.257 e. The Hall–Kier alpha value is -1.45. The van der Waals surface area contributed by atoms with E-state index in [1.54, 1.807) is 18.2 Å². The van der Waals surface area contributed by atoms with Crippen LogP contribution in [0.3, 0.4) is 0 Å². The Morgan fingerprint density at radius 3 is 2.63 bits per heavy atom. The number of nitrogens with zero attached hydrogens (tertiary/aromatic N) is 1. The van der Waals surface area contributed by atoms with E-state index in [9.17, 15) is 14.7 Å². The van der Waals surface area contributed by atoms with Gasteiger partial charge in [-0.05, 0) is 11.6 Å². The number of hydrogen-bond acceptors (Lipinski definition) is 6. The molecule has 11 heteroatoms. The molecular formula is C16H19Cl3N2O6. The Morgan fingerprint density at radius 2 is 2.07 bits per heavy atom. The largest absolute Gasteiger partial charge is 0.497 e. The number of benzene rings is 1. The highest BCUT2D eigenvalue weighted by molar-refractivity contribution is 6.67. The molecule has 2 atom stereocenters. The molecule has 0 spiro atoms. The highest BCUT2D eigenvalue weighted by atomic mass is 35.6. The Labute approximate surface area is 171 Å². The van der Waals surface area contributed by atoms with Gasteiger partial charge in [0, 0.05) is 19.0 Å². The Morgan fingerprint density at radius 1 is 1.37 bits per heavy atom. The number of amides is 2. The predicted molar refractivity (Wildman–Crippen MR) is 98.8 cm³/mol. The maximum atomic E-state index is 12.2. The maximum absolute atomic E-state index is 12.2. The van der Waals surface area contributed by atoms with Gasteiger partial charge in [-0.1, -0.05) is 40.9 Å². The van der Waals surface area contributed by atoms with Crippen molar-refractivity contribution < 1.29 is 29.0 Å². The Balaban J connectivity index is 1.88. The number of nitrogens with one attached hydrogen (secondary N) is 1. The van der Waals surface area contributed by atoms with Crippen molar-refractivity contribution in [2.45, 2.75) is 16.4 Å². The summed E-state index contributed by atoms with van der Waals surface area (Å²) < 4.78 is 8.71. The van der Waals surface area contributed by atoms with Gasteiger partial charge in [-0.15, -0.1) is 0 Å². The van der Waals surface area contributed by atoms with Crippen molar-refractivity contribution in [3.8, 4) is 11.5 Å². The molecule has 1 aliphatic rings. The van der Waals surface area contributed by atoms with E-state index in [0.717, 1.165) is 0 Å². The van der Waals surface area contributed by atoms with Crippen molar-refractivity contribution in [2.75, 3.05) is 27.4 Å². The average molecular weight is 442 g/mol. The molecule has 1 fully saturated rings. The lowest BCUT2D eigenvalue weighted by atomic mass is 9.96. The fraction of sp³-hybridized carbons (Fsp3) is 0.500. The molecule has 0 bridgehead atoms. The number of aliphatic hydroxyl groups is 1. The van der Waals surface area contributed by atoms with E-state index < -0.39 is 27.8 Å². The second-order valence-electron chi connectivity index (χ2n) is 5.78. The van der Waals surface area contributed by atoms with Crippen molar-refractivity contribution in [3.05, 3.63) is 23.8 Å². The number of alkyl halides is 3. The first-order chi connectivity index (χ1) is 12.7. The van der Waals surface area contributed by atoms with Crippen LogP contribution in [0.5, 0.6) is 11.5 Å². The average Bonchev–Trinajstić information content (AvgIpc) is 2.59. The van der Waals surface area contributed by atoms with Gasteiger partial charge in [0.1, 0.15) is 30.3 Å². The van der Waals surface area contributed by atoms with Crippen LogP contribution in [0.1, 0.15) is 5.56 Å². The van der Waals surface area contributed by atoms with Gasteiger partial charge in [0.2, 0.25) is 9.70 Å². The second-order valence-corrected chi connectivity index (χ2v) is 8.29. The minimum atomic E-state index is -1.68. The van der Waals surface area contributed by atoms with E-state index in [1.165, 1.54) is 19.1 Å². The molecule has 8 nitrogen and oxygen atoms in total. The van der Waals surface area contributed by atoms with E-state index in [0.29, 0.717) is 17.1 Å². The third-order valence-corrected chi connectivity index (χ3v) is 4.27. The first-order valence-electron chi connectivity index (χ1n) is 7.84. The lowest BCUT2D eigenvalue weighted by Crippen LogP contribution is -2.62. The number of hydroxylamine groups is 1. The summed E-state index contributed by atoms with van der Waals surface area (Å²) in [5.74, 6) is -1.02. The first-order valence-corrected chi connectivity index (χ1v) is 8.97. The lowest BCUT2D eigenvalue weighted by Gasteiger charge is -2.40. The van der Waals surface area contributed by atoms with Crippen molar-refractivity contribution in [1.82, 2.24) is 10.4 Å². The summed E-state index contributed by atoms with van der Waals surface area (Å²) >= 11 is 16.5. The zero-order chi connectivity index (χ0) is 20.2. The van der Waals surface area contributed by atoms with Crippen molar-refractivity contribution in [2.24, 2.45) is 5.92 Å². The molecule has 1 heterocycles. The molecule has 2 unspecified atom stereocenters. The highest BCUT2D eigenvalue weighted by Crippen LogP contribution is 2.29. The number of likely N-dealkylation sites (tertiary alicyclic amines) is 1. The molecule has 150 valence electrons. The normalized spacial score (nSPS) is 17.9. The molecule has 1 aliphatic heterocycles. The molecule has 2 amide bonds. The summed E-state index contributed by atoms with van der Waals surface area (Å²) in [5.41, 5.74) is 2.75. The lowest BCUT2D eigenvalue weighted by molar-refractivity contribution is -0.170. The highest BCUT2D eigenvalue weighted by Gasteiger charge is 2.45. The van der Waals surface area contributed by atoms with E-state index in [1.807, 2.05) is 0 Å². The van der Waals surface area contributed by atoms with Crippen LogP contribution in [-0.4, -0.2) is 59.2 Å². The number of ether oxygens (including phenoxy) is 2. The van der Waals surface area contributed by atoms with E-state index in [-0.39, 0.29) is 19.6 Å². The van der Waals surface area contributed by atoms with Crippen LogP contribution in [0.4, 0.5) is 0 Å². The number of rotatable bonds is 8. The molecule has 0 aliphatic carbocycles. The fourth-order valence-electron chi connectivity index (χ4n) is 2.50. The number of carbonyl (C=O) groups excluding carboxylic acids is 2. The SMILES string of the molecule is COc1ccc(CC(O)N2CC(C(=O)NOCC(Cl)(Cl)Cl)C2=O)c(OC)c1. The monoisotopic (exact) mass is 440 g/mol. The Bertz CT molecular complexity index is 697. The second kappa shape index (κ2) is 9.16. The van der Waals surface area contributed by atoms with Crippen LogP contribution in [0.2, 0.25) is 0 Å². The zero-order valence-corrected chi connectivity index (χ0v) is 16.8. The quantitative estimate of drug-likeness (QED) is 0.274. The van der Waals surface area contributed by atoms with E-state index in [2.05, 4.69) is 5.48 Å². The molecule has 0 radical (unpaired) electrons. The third-order valence-electron chi connectivity index (χ3n) is 3.94. The summed E-state index contributed by atoms with van der Waals surface area (Å²) in [6.45, 7) is -0.324. The predicted octanol–water partition coefficient (Wildman–Crippen LogP) is 1.44. The van der Waals surface area contributed by atoms with Gasteiger partial charge in [-0.25, -0.2) is 5.48 Å². The molecule has 1 aromatic carbocycles. The van der Waals surface area contributed by atoms with Crippen LogP contribution in [0.25, 0.3) is 0 Å². The van der Waals surface area contributed by atoms with Crippen LogP contribution >= 0.6 is 34.8 Å². The van der Waals surface area contributed by atoms with Gasteiger partial charge < -0.3 is 19.5 Å². The van der Waals surface area contributed by atoms with Gasteiger partial charge in [-0.2, -0.15) is 0 Å². The van der Waals surface area contributed by atoms with Crippen LogP contribution < -0.4 is 15.0 Å². The van der Waals surface area contributed by atoms with Crippen LogP contribution in [0, 0.1) is 5.92 Å². The van der Waals surface area contributed by atoms with E-state index >= 15 is 0 Å². The summed E-state index contributed by atoms with van der Waals surface area (Å²) in [6, 6.07) is 5.14. The molecular weight excluding hydrogens is 423 g/mol. The number of methoxy groups -OCH3 is 2. The van der Waals surface area contributed by atoms with Crippen molar-refractivity contribution >= 4 is 46.6 Å². The number of halogens is 3. The van der Waals surface area contributed by atoms with Crippen molar-refractivity contribution in [1.29, 1.82) is 0 Å². The molecule has 2 rings (SSSR count). The first kappa shape index (κ1) is 21.8. The molecule has 27 heavy (non-hydrogen) atoms. The fourth-order valence-corrected chi connectivity index (χ4v) is 2.67. The van der Waals surface area contributed by atoms with Gasteiger partial charge in [0.15, 0.2) is 0 Å². The number of hydrogen-bond donors (Lipinski definition) is 2. The molecule has 2 N–H and O–H groups in total. The summed E-state index contributed by atoms with van der Waals surface area (Å²) in [4.78, 5) is 30.0. The molecule has 1 saturated heterocycles. The van der Waals surface area contributed by atoms with Gasteiger partial charge in [-0.3, -0.25) is 14.4 Å². The number of aliphatic hydroxyl groups excluding tert-OH is 1. The molecule has 0 aromatic heterocycles. The van der Waals surface area contributed by atoms with Crippen LogP contribution in [-0.2, 0) is 20.8 Å². The summed E-state index contributed by atoms with van der Waals surface area (Å²) in [5, 5.41) is 10.3. The van der Waals surface area contributed by atoms with Crippen molar-refractivity contribution in [3.63, 3.8) is 0 Å². The van der Waals surface area contributed by atoms with Gasteiger partial charge >= 0.3 is 0 Å². The minimum Gasteiger partial charge on any atom is -0.497 e. The molecule has 1 aromatic rings. The topological polar surface area (TPSA) is 97.3 Å². The summed E-state index contributed by atoms with van der Waals surface area (Å²) in [6.07, 6.45) is -0.970. The van der Waals surface area contributed by atoms with Gasteiger partial charge in [0.25, 0.3) is 5.91 Å². The minimum absolute atomic E-state index is 0.0431. The standard InChI is InChI=1S/C16H19Cl3N2O6/c1-25-10-4-3-9(12(6-10)26-2)5-13(22)21-7-11(15(21)24)14(23)20-27-8-16(17,18)19/h3-4,6,11,13,22H,5,7-8H2,1-2H3,(H,20,23). The number of carbonyl (C=O) groups is 2. The third kappa shape index (κ3) is 5.76. The van der Waals surface area contributed by atoms with Crippen LogP contribution in [0.15, 0.2) is 18.2 Å². The number of β-lactam (4-membered cyclic amide) rings is 1. The Kier molecular flexibility index (Phi) is 7.41. The van der Waals surface area contributed by atoms with Gasteiger partial charge in [0.05, 0.1) is 14.2 Å².